The van der Waals surface area contributed by atoms with Gasteiger partial charge in [-0.3, -0.25) is 18.8 Å². The minimum absolute atomic E-state index is 0.000477. The van der Waals surface area contributed by atoms with Gasteiger partial charge < -0.3 is 10.3 Å². The van der Waals surface area contributed by atoms with E-state index >= 15 is 0 Å². The molecule has 2 aromatic heterocycles. The molecule has 0 saturated carbocycles. The molecule has 0 aliphatic carbocycles. The topological polar surface area (TPSA) is 115 Å². The van der Waals surface area contributed by atoms with Crippen LogP contribution in [-0.2, 0) is 24.9 Å². The third-order valence-electron chi connectivity index (χ3n) is 3.54. The highest BCUT2D eigenvalue weighted by atomic mass is 16.2. The van der Waals surface area contributed by atoms with Gasteiger partial charge in [0.05, 0.1) is 17.4 Å². The molecule has 3 aromatic rings. The van der Waals surface area contributed by atoms with Crippen LogP contribution in [0.15, 0.2) is 40.2 Å². The first kappa shape index (κ1) is 15.7. The van der Waals surface area contributed by atoms with Crippen LogP contribution in [0, 0.1) is 0 Å². The Balaban J connectivity index is 1.68. The van der Waals surface area contributed by atoms with Crippen LogP contribution in [0.4, 0.5) is 0 Å². The lowest BCUT2D eigenvalue weighted by atomic mass is 10.2. The van der Waals surface area contributed by atoms with Gasteiger partial charge in [-0.25, -0.2) is 9.78 Å². The largest absolute Gasteiger partial charge is 0.349 e. The maximum Gasteiger partial charge on any atom is 0.328 e. The number of rotatable bonds is 5. The van der Waals surface area contributed by atoms with Crippen LogP contribution >= 0.6 is 0 Å². The first-order chi connectivity index (χ1) is 11.5. The molecule has 0 unspecified atom stereocenters. The predicted molar refractivity (Wildman–Crippen MR) is 86.3 cm³/mol. The summed E-state index contributed by atoms with van der Waals surface area (Å²) in [5, 5.41) is 7.11. The Bertz CT molecular complexity index is 1000. The Morgan fingerprint density at radius 1 is 1.29 bits per heavy atom. The lowest BCUT2D eigenvalue weighted by molar-refractivity contribution is -0.121. The molecule has 9 nitrogen and oxygen atoms in total. The number of para-hydroxylation sites is 1. The zero-order valence-electron chi connectivity index (χ0n) is 13.0. The summed E-state index contributed by atoms with van der Waals surface area (Å²) in [6.45, 7) is 0.198. The van der Waals surface area contributed by atoms with Crippen LogP contribution in [0.1, 0.15) is 12.2 Å². The molecule has 3 rings (SSSR count). The van der Waals surface area contributed by atoms with Crippen molar-refractivity contribution in [2.75, 3.05) is 0 Å². The summed E-state index contributed by atoms with van der Waals surface area (Å²) >= 11 is 0. The Morgan fingerprint density at radius 3 is 2.83 bits per heavy atom. The van der Waals surface area contributed by atoms with Crippen molar-refractivity contribution in [3.63, 3.8) is 0 Å². The van der Waals surface area contributed by atoms with Gasteiger partial charge in [-0.15, -0.1) is 0 Å². The highest BCUT2D eigenvalue weighted by Gasteiger charge is 2.09. The average Bonchev–Trinajstić information content (AvgIpc) is 2.98. The van der Waals surface area contributed by atoms with E-state index in [1.165, 1.54) is 11.0 Å². The normalized spacial score (nSPS) is 10.9. The van der Waals surface area contributed by atoms with E-state index in [1.54, 1.807) is 31.3 Å². The molecule has 0 spiro atoms. The lowest BCUT2D eigenvalue weighted by Crippen LogP contribution is -2.36. The third-order valence-corrected chi connectivity index (χ3v) is 3.54. The molecule has 0 atom stereocenters. The van der Waals surface area contributed by atoms with Crippen molar-refractivity contribution in [3.8, 4) is 0 Å². The van der Waals surface area contributed by atoms with Gasteiger partial charge in [-0.2, -0.15) is 5.10 Å². The van der Waals surface area contributed by atoms with E-state index in [0.717, 1.165) is 4.57 Å². The van der Waals surface area contributed by atoms with Gasteiger partial charge in [-0.05, 0) is 12.1 Å². The van der Waals surface area contributed by atoms with E-state index in [4.69, 9.17) is 0 Å². The van der Waals surface area contributed by atoms with Gasteiger partial charge in [0, 0.05) is 20.0 Å². The number of nitrogens with one attached hydrogen (secondary N) is 2. The highest BCUT2D eigenvalue weighted by Crippen LogP contribution is 2.03. The first-order valence-corrected chi connectivity index (χ1v) is 7.37. The van der Waals surface area contributed by atoms with Gasteiger partial charge in [-0.1, -0.05) is 12.1 Å². The minimum Gasteiger partial charge on any atom is -0.349 e. The van der Waals surface area contributed by atoms with Crippen LogP contribution in [0.25, 0.3) is 10.9 Å². The Labute approximate surface area is 136 Å². The summed E-state index contributed by atoms with van der Waals surface area (Å²) in [6, 6.07) is 6.76. The number of carbonyl (C=O) groups excluding carboxylic acids is 1. The van der Waals surface area contributed by atoms with E-state index in [1.807, 2.05) is 0 Å². The summed E-state index contributed by atoms with van der Waals surface area (Å²) in [4.78, 5) is 42.8. The van der Waals surface area contributed by atoms with Gasteiger partial charge >= 0.3 is 5.69 Å². The van der Waals surface area contributed by atoms with Crippen molar-refractivity contribution in [1.82, 2.24) is 29.6 Å². The second-order valence-corrected chi connectivity index (χ2v) is 5.29. The smallest absolute Gasteiger partial charge is 0.328 e. The second-order valence-electron chi connectivity index (χ2n) is 5.29. The second kappa shape index (κ2) is 6.49. The van der Waals surface area contributed by atoms with Crippen molar-refractivity contribution < 1.29 is 4.79 Å². The van der Waals surface area contributed by atoms with Crippen LogP contribution in [-0.4, -0.2) is 30.2 Å². The standard InChI is InChI=1S/C15H16N6O3/c1-20-9-17-12(19-20)8-16-13(22)6-7-21-14(23)10-4-2-3-5-11(10)18-15(21)24/h2-5,9H,6-8H2,1H3,(H,16,22)(H,18,24). The molecule has 124 valence electrons. The third kappa shape index (κ3) is 3.24. The SMILES string of the molecule is Cn1cnc(CNC(=O)CCn2c(=O)[nH]c3ccccc3c2=O)n1. The fraction of sp³-hybridized carbons (Fsp3) is 0.267. The number of carbonyl (C=O) groups is 1. The molecule has 0 saturated heterocycles. The minimum atomic E-state index is -0.530. The quantitative estimate of drug-likeness (QED) is 0.657. The predicted octanol–water partition coefficient (Wildman–Crippen LogP) is -0.475. The van der Waals surface area contributed by atoms with Crippen molar-refractivity contribution in [2.24, 2.45) is 7.05 Å². The monoisotopic (exact) mass is 328 g/mol. The molecule has 1 aromatic carbocycles. The molecular weight excluding hydrogens is 312 g/mol. The molecule has 0 aliphatic heterocycles. The number of aromatic nitrogens is 5. The number of amides is 1. The summed E-state index contributed by atoms with van der Waals surface area (Å²) in [6.07, 6.45) is 1.55. The first-order valence-electron chi connectivity index (χ1n) is 7.37. The Hall–Kier alpha value is -3.23. The molecule has 1 amide bonds. The van der Waals surface area contributed by atoms with Gasteiger partial charge in [0.25, 0.3) is 5.56 Å². The van der Waals surface area contributed by atoms with Crippen LogP contribution < -0.4 is 16.6 Å². The molecule has 9 heteroatoms. The number of aryl methyl sites for hydroxylation is 1. The van der Waals surface area contributed by atoms with Crippen molar-refractivity contribution in [3.05, 3.63) is 57.3 Å². The Morgan fingerprint density at radius 2 is 2.08 bits per heavy atom. The van der Waals surface area contributed by atoms with E-state index in [2.05, 4.69) is 20.4 Å². The summed E-state index contributed by atoms with van der Waals surface area (Å²) < 4.78 is 2.57. The molecular formula is C15H16N6O3. The number of nitrogens with zero attached hydrogens (tertiary/aromatic N) is 4. The number of aromatic amines is 1. The molecule has 0 fully saturated rings. The van der Waals surface area contributed by atoms with Crippen molar-refractivity contribution >= 4 is 16.8 Å². The molecule has 0 radical (unpaired) electrons. The van der Waals surface area contributed by atoms with Crippen molar-refractivity contribution in [1.29, 1.82) is 0 Å². The van der Waals surface area contributed by atoms with Gasteiger partial charge in [0.2, 0.25) is 5.91 Å². The lowest BCUT2D eigenvalue weighted by Gasteiger charge is -2.06. The molecule has 2 N–H and O–H groups in total. The van der Waals surface area contributed by atoms with Crippen molar-refractivity contribution in [2.45, 2.75) is 19.5 Å². The maximum atomic E-state index is 12.3. The number of benzene rings is 1. The number of fused-ring (bicyclic) bond motifs is 1. The van der Waals surface area contributed by atoms with E-state index < -0.39 is 11.2 Å². The van der Waals surface area contributed by atoms with Crippen LogP contribution in [0.5, 0.6) is 0 Å². The molecule has 2 heterocycles. The fourth-order valence-corrected chi connectivity index (χ4v) is 2.35. The maximum absolute atomic E-state index is 12.3. The van der Waals surface area contributed by atoms with E-state index in [9.17, 15) is 14.4 Å². The summed E-state index contributed by atoms with van der Waals surface area (Å²) in [5.41, 5.74) is -0.458. The Kier molecular flexibility index (Phi) is 4.23. The molecule has 24 heavy (non-hydrogen) atoms. The number of hydrogen-bond donors (Lipinski definition) is 2. The highest BCUT2D eigenvalue weighted by molar-refractivity contribution is 5.77. The number of hydrogen-bond acceptors (Lipinski definition) is 5. The molecule has 0 aliphatic rings. The average molecular weight is 328 g/mol. The van der Waals surface area contributed by atoms with Gasteiger partial charge in [0.15, 0.2) is 5.82 Å². The zero-order chi connectivity index (χ0) is 17.1. The van der Waals surface area contributed by atoms with E-state index in [-0.39, 0.29) is 25.4 Å². The number of H-pyrrole nitrogens is 1. The van der Waals surface area contributed by atoms with Gasteiger partial charge in [0.1, 0.15) is 6.33 Å². The van der Waals surface area contributed by atoms with Crippen LogP contribution in [0.2, 0.25) is 0 Å². The zero-order valence-corrected chi connectivity index (χ0v) is 13.0. The van der Waals surface area contributed by atoms with E-state index in [0.29, 0.717) is 16.7 Å². The molecule has 0 bridgehead atoms. The fourth-order valence-electron chi connectivity index (χ4n) is 2.35. The summed E-state index contributed by atoms with van der Waals surface area (Å²) in [7, 11) is 1.73. The van der Waals surface area contributed by atoms with Crippen LogP contribution in [0.3, 0.4) is 0 Å². The summed E-state index contributed by atoms with van der Waals surface area (Å²) in [5.74, 6) is 0.202.